The number of ether oxygens (including phenoxy) is 1. The monoisotopic (exact) mass is 290 g/mol. The highest BCUT2D eigenvalue weighted by atomic mass is 32.2. The van der Waals surface area contributed by atoms with Crippen LogP contribution >= 0.6 is 11.8 Å². The van der Waals surface area contributed by atoms with Gasteiger partial charge in [0, 0.05) is 16.8 Å². The molecule has 0 aliphatic carbocycles. The molecule has 0 aliphatic heterocycles. The van der Waals surface area contributed by atoms with E-state index in [2.05, 4.69) is 4.98 Å². The van der Waals surface area contributed by atoms with Crippen molar-refractivity contribution < 1.29 is 9.84 Å². The lowest BCUT2D eigenvalue weighted by Gasteiger charge is -2.11. The molecule has 1 aromatic heterocycles. The van der Waals surface area contributed by atoms with Gasteiger partial charge in [0.2, 0.25) is 0 Å². The average Bonchev–Trinajstić information content (AvgIpc) is 2.47. The molecule has 1 atom stereocenters. The standard InChI is InChI=1S/C15H18N2O2S/c16-14-8-17-7-6-15(14)20-11-13(18)10-19-9-12-4-2-1-3-5-12/h1-8,13,18H,9-11,16H2. The fourth-order valence-electron chi connectivity index (χ4n) is 1.65. The van der Waals surface area contributed by atoms with Crippen LogP contribution in [-0.2, 0) is 11.3 Å². The Balaban J connectivity index is 1.68. The molecule has 2 aromatic rings. The summed E-state index contributed by atoms with van der Waals surface area (Å²) >= 11 is 1.51. The predicted molar refractivity (Wildman–Crippen MR) is 81.5 cm³/mol. The zero-order valence-electron chi connectivity index (χ0n) is 11.1. The number of hydrogen-bond acceptors (Lipinski definition) is 5. The lowest BCUT2D eigenvalue weighted by molar-refractivity contribution is 0.0398. The molecular weight excluding hydrogens is 272 g/mol. The van der Waals surface area contributed by atoms with E-state index in [1.165, 1.54) is 11.8 Å². The number of aliphatic hydroxyl groups excluding tert-OH is 1. The van der Waals surface area contributed by atoms with E-state index in [-0.39, 0.29) is 0 Å². The molecule has 0 amide bonds. The van der Waals surface area contributed by atoms with Crippen LogP contribution < -0.4 is 5.73 Å². The van der Waals surface area contributed by atoms with Crippen molar-refractivity contribution in [3.8, 4) is 0 Å². The molecule has 2 rings (SSSR count). The van der Waals surface area contributed by atoms with Gasteiger partial charge in [-0.3, -0.25) is 4.98 Å². The Labute approximate surface area is 123 Å². The lowest BCUT2D eigenvalue weighted by atomic mass is 10.2. The molecule has 106 valence electrons. The number of thioether (sulfide) groups is 1. The smallest absolute Gasteiger partial charge is 0.0867 e. The Hall–Kier alpha value is -1.56. The van der Waals surface area contributed by atoms with Crippen molar-refractivity contribution in [1.82, 2.24) is 4.98 Å². The minimum atomic E-state index is -0.517. The van der Waals surface area contributed by atoms with Crippen LogP contribution in [0, 0.1) is 0 Å². The number of benzene rings is 1. The Morgan fingerprint density at radius 2 is 2.05 bits per heavy atom. The average molecular weight is 290 g/mol. The van der Waals surface area contributed by atoms with Crippen LogP contribution in [-0.4, -0.2) is 28.6 Å². The zero-order chi connectivity index (χ0) is 14.2. The van der Waals surface area contributed by atoms with Gasteiger partial charge in [0.05, 0.1) is 31.2 Å². The number of nitrogen functional groups attached to an aromatic ring is 1. The van der Waals surface area contributed by atoms with E-state index in [0.29, 0.717) is 24.7 Å². The molecule has 1 aromatic carbocycles. The first-order valence-corrected chi connectivity index (χ1v) is 7.36. The van der Waals surface area contributed by atoms with Crippen LogP contribution in [0.4, 0.5) is 5.69 Å². The maximum absolute atomic E-state index is 9.88. The van der Waals surface area contributed by atoms with E-state index >= 15 is 0 Å². The molecule has 0 radical (unpaired) electrons. The first-order chi connectivity index (χ1) is 9.75. The molecule has 0 saturated carbocycles. The molecule has 0 aliphatic rings. The van der Waals surface area contributed by atoms with Crippen LogP contribution in [0.2, 0.25) is 0 Å². The van der Waals surface area contributed by atoms with Crippen LogP contribution in [0.1, 0.15) is 5.56 Å². The minimum absolute atomic E-state index is 0.312. The summed E-state index contributed by atoms with van der Waals surface area (Å²) in [5.74, 6) is 0.545. The molecule has 0 saturated heterocycles. The maximum Gasteiger partial charge on any atom is 0.0867 e. The first kappa shape index (κ1) is 14.8. The van der Waals surface area contributed by atoms with Gasteiger partial charge >= 0.3 is 0 Å². The van der Waals surface area contributed by atoms with Gasteiger partial charge in [-0.2, -0.15) is 0 Å². The number of rotatable bonds is 7. The second kappa shape index (κ2) is 7.89. The van der Waals surface area contributed by atoms with Crippen molar-refractivity contribution in [3.63, 3.8) is 0 Å². The topological polar surface area (TPSA) is 68.4 Å². The number of nitrogens with zero attached hydrogens (tertiary/aromatic N) is 1. The van der Waals surface area contributed by atoms with Gasteiger partial charge in [-0.15, -0.1) is 11.8 Å². The maximum atomic E-state index is 9.88. The van der Waals surface area contributed by atoms with Crippen molar-refractivity contribution in [2.45, 2.75) is 17.6 Å². The summed E-state index contributed by atoms with van der Waals surface area (Å²) in [4.78, 5) is 4.86. The molecule has 1 unspecified atom stereocenters. The van der Waals surface area contributed by atoms with Gasteiger partial charge in [0.15, 0.2) is 0 Å². The van der Waals surface area contributed by atoms with Gasteiger partial charge < -0.3 is 15.6 Å². The van der Waals surface area contributed by atoms with E-state index < -0.39 is 6.10 Å². The van der Waals surface area contributed by atoms with Gasteiger partial charge in [-0.1, -0.05) is 30.3 Å². The summed E-state index contributed by atoms with van der Waals surface area (Å²) in [5.41, 5.74) is 7.52. The molecule has 0 spiro atoms. The Morgan fingerprint density at radius 1 is 1.25 bits per heavy atom. The SMILES string of the molecule is Nc1cnccc1SCC(O)COCc1ccccc1. The Kier molecular flexibility index (Phi) is 5.86. The van der Waals surface area contributed by atoms with E-state index in [9.17, 15) is 5.11 Å². The Morgan fingerprint density at radius 3 is 2.80 bits per heavy atom. The first-order valence-electron chi connectivity index (χ1n) is 6.37. The van der Waals surface area contributed by atoms with Crippen LogP contribution in [0.5, 0.6) is 0 Å². The summed E-state index contributed by atoms with van der Waals surface area (Å²) < 4.78 is 5.49. The van der Waals surface area contributed by atoms with Crippen LogP contribution in [0.3, 0.4) is 0 Å². The summed E-state index contributed by atoms with van der Waals surface area (Å²) in [6.45, 7) is 0.826. The number of pyridine rings is 1. The number of anilines is 1. The fourth-order valence-corrected chi connectivity index (χ4v) is 2.49. The summed E-state index contributed by atoms with van der Waals surface area (Å²) in [6, 6.07) is 11.7. The second-order valence-electron chi connectivity index (χ2n) is 4.38. The van der Waals surface area contributed by atoms with Gasteiger partial charge in [0.1, 0.15) is 0 Å². The van der Waals surface area contributed by atoms with Crippen molar-refractivity contribution in [2.24, 2.45) is 0 Å². The van der Waals surface area contributed by atoms with Crippen molar-refractivity contribution in [2.75, 3.05) is 18.1 Å². The number of nitrogens with two attached hydrogens (primary N) is 1. The van der Waals surface area contributed by atoms with Crippen molar-refractivity contribution >= 4 is 17.4 Å². The van der Waals surface area contributed by atoms with Crippen LogP contribution in [0.25, 0.3) is 0 Å². The quantitative estimate of drug-likeness (QED) is 0.766. The molecular formula is C15H18N2O2S. The van der Waals surface area contributed by atoms with E-state index in [0.717, 1.165) is 10.5 Å². The highest BCUT2D eigenvalue weighted by molar-refractivity contribution is 7.99. The number of hydrogen-bond donors (Lipinski definition) is 2. The Bertz CT molecular complexity index is 522. The van der Waals surface area contributed by atoms with Crippen molar-refractivity contribution in [1.29, 1.82) is 0 Å². The molecule has 5 heteroatoms. The fraction of sp³-hybridized carbons (Fsp3) is 0.267. The predicted octanol–water partition coefficient (Wildman–Crippen LogP) is 2.33. The summed E-state index contributed by atoms with van der Waals surface area (Å²) in [6.07, 6.45) is 2.79. The lowest BCUT2D eigenvalue weighted by Crippen LogP contribution is -2.18. The van der Waals surface area contributed by atoms with E-state index in [4.69, 9.17) is 10.5 Å². The third-order valence-electron chi connectivity index (χ3n) is 2.66. The van der Waals surface area contributed by atoms with Gasteiger partial charge in [-0.05, 0) is 11.6 Å². The van der Waals surface area contributed by atoms with Gasteiger partial charge in [-0.25, -0.2) is 0 Å². The normalized spacial score (nSPS) is 12.2. The molecule has 0 bridgehead atoms. The number of aliphatic hydroxyl groups is 1. The molecule has 4 nitrogen and oxygen atoms in total. The largest absolute Gasteiger partial charge is 0.397 e. The molecule has 3 N–H and O–H groups in total. The third-order valence-corrected chi connectivity index (χ3v) is 3.90. The number of aromatic nitrogens is 1. The molecule has 20 heavy (non-hydrogen) atoms. The van der Waals surface area contributed by atoms with E-state index in [1.54, 1.807) is 12.4 Å². The molecule has 1 heterocycles. The van der Waals surface area contributed by atoms with Crippen LogP contribution in [0.15, 0.2) is 53.7 Å². The van der Waals surface area contributed by atoms with E-state index in [1.807, 2.05) is 36.4 Å². The minimum Gasteiger partial charge on any atom is -0.397 e. The highest BCUT2D eigenvalue weighted by Gasteiger charge is 2.07. The third kappa shape index (κ3) is 4.85. The van der Waals surface area contributed by atoms with Crippen molar-refractivity contribution in [3.05, 3.63) is 54.4 Å². The summed E-state index contributed by atoms with van der Waals surface area (Å²) in [5, 5.41) is 9.88. The van der Waals surface area contributed by atoms with Gasteiger partial charge in [0.25, 0.3) is 0 Å². The second-order valence-corrected chi connectivity index (χ2v) is 5.44. The zero-order valence-corrected chi connectivity index (χ0v) is 11.9. The highest BCUT2D eigenvalue weighted by Crippen LogP contribution is 2.24. The molecule has 0 fully saturated rings. The summed E-state index contributed by atoms with van der Waals surface area (Å²) in [7, 11) is 0.